The average molecular weight is 634 g/mol. The molecule has 214 valence electrons. The lowest BCUT2D eigenvalue weighted by atomic mass is 10.1. The molecule has 2 aliphatic heterocycles. The molecule has 6 rings (SSSR count). The lowest BCUT2D eigenvalue weighted by molar-refractivity contribution is -0.0435. The highest BCUT2D eigenvalue weighted by atomic mass is 32.7. The van der Waals surface area contributed by atoms with Crippen LogP contribution in [0.4, 0.5) is 4.39 Å². The number of fused-ring (bicyclic) bond motifs is 6. The highest BCUT2D eigenvalue weighted by Gasteiger charge is 2.51. The molecule has 21 heteroatoms. The van der Waals surface area contributed by atoms with Crippen molar-refractivity contribution in [3.63, 3.8) is 0 Å². The molecule has 40 heavy (non-hydrogen) atoms. The molecule has 1 fully saturated rings. The Morgan fingerprint density at radius 2 is 2.10 bits per heavy atom. The number of ether oxygens (including phenoxy) is 1. The van der Waals surface area contributed by atoms with Crippen LogP contribution < -0.4 is 10.6 Å². The van der Waals surface area contributed by atoms with Crippen molar-refractivity contribution in [3.05, 3.63) is 40.9 Å². The average Bonchev–Trinajstić information content (AvgIpc) is 3.55. The molecule has 4 aromatic heterocycles. The van der Waals surface area contributed by atoms with Gasteiger partial charge in [-0.25, -0.2) is 39.0 Å². The zero-order valence-electron chi connectivity index (χ0n) is 20.5. The van der Waals surface area contributed by atoms with Gasteiger partial charge in [0.25, 0.3) is 12.2 Å². The van der Waals surface area contributed by atoms with E-state index in [-0.39, 0.29) is 36.7 Å². The fourth-order valence-corrected chi connectivity index (χ4v) is 7.15. The fraction of sp³-hybridized carbons (Fsp3) is 0.474. The van der Waals surface area contributed by atoms with Gasteiger partial charge in [0.2, 0.25) is 0 Å². The van der Waals surface area contributed by atoms with Crippen molar-refractivity contribution in [1.29, 1.82) is 0 Å². The second kappa shape index (κ2) is 10.6. The molecule has 16 nitrogen and oxygen atoms in total. The summed E-state index contributed by atoms with van der Waals surface area (Å²) in [7, 11) is 0. The van der Waals surface area contributed by atoms with Gasteiger partial charge in [-0.2, -0.15) is 0 Å². The zero-order chi connectivity index (χ0) is 28.2. The molecule has 0 radical (unpaired) electrons. The van der Waals surface area contributed by atoms with Gasteiger partial charge in [0.1, 0.15) is 42.3 Å². The van der Waals surface area contributed by atoms with Crippen LogP contribution >= 0.6 is 25.7 Å². The molecule has 3 N–H and O–H groups in total. The maximum Gasteiger partial charge on any atom is 0.387 e. The minimum atomic E-state index is -4.26. The third kappa shape index (κ3) is 5.38. The minimum Gasteiger partial charge on any atom is -0.346 e. The van der Waals surface area contributed by atoms with Crippen LogP contribution in [-0.2, 0) is 47.8 Å². The van der Waals surface area contributed by atoms with E-state index in [1.54, 1.807) is 11.5 Å². The van der Waals surface area contributed by atoms with Gasteiger partial charge in [-0.1, -0.05) is 12.2 Å². The number of nitrogens with one attached hydrogen (secondary N) is 2. The fourth-order valence-electron chi connectivity index (χ4n) is 4.50. The van der Waals surface area contributed by atoms with Crippen molar-refractivity contribution in [2.24, 2.45) is 0 Å². The van der Waals surface area contributed by atoms with Gasteiger partial charge in [-0.05, 0) is 18.7 Å². The summed E-state index contributed by atoms with van der Waals surface area (Å²) in [5, 5.41) is 2.77. The van der Waals surface area contributed by atoms with E-state index in [1.807, 2.05) is 0 Å². The lowest BCUT2D eigenvalue weighted by Gasteiger charge is -2.24. The van der Waals surface area contributed by atoms with Crippen LogP contribution in [0.5, 0.6) is 0 Å². The summed E-state index contributed by atoms with van der Waals surface area (Å²) in [5.74, 6) is 0.578. The van der Waals surface area contributed by atoms with Crippen LogP contribution in [0.3, 0.4) is 0 Å². The Morgan fingerprint density at radius 1 is 1.27 bits per heavy atom. The summed E-state index contributed by atoms with van der Waals surface area (Å²) in [6.07, 6.45) is -2.09. The SMILES string of the molecule is Cc1nc2c(ncn2[C@@H]2O[C@@H]3COP(O)(=S)NCCn4c(nc5cncnc54)COP(=O)(S)O[C@@H]2[C@@H]3F)c(=O)[nH]1. The van der Waals surface area contributed by atoms with Gasteiger partial charge in [0.15, 0.2) is 29.2 Å². The number of hydrogen-bond donors (Lipinski definition) is 4. The summed E-state index contributed by atoms with van der Waals surface area (Å²) in [5.41, 5.74) is 0.459. The highest BCUT2D eigenvalue weighted by molar-refractivity contribution is 8.44. The molecule has 6 heterocycles. The van der Waals surface area contributed by atoms with E-state index in [4.69, 9.17) is 30.1 Å². The molecule has 2 unspecified atom stereocenters. The first-order valence-corrected chi connectivity index (χ1v) is 17.1. The third-order valence-corrected chi connectivity index (χ3v) is 9.67. The predicted octanol–water partition coefficient (Wildman–Crippen LogP) is 1.28. The quantitative estimate of drug-likeness (QED) is 0.173. The Bertz CT molecular complexity index is 1750. The van der Waals surface area contributed by atoms with Crippen molar-refractivity contribution >= 4 is 59.8 Å². The first-order chi connectivity index (χ1) is 19.0. The normalized spacial score (nSPS) is 32.1. The van der Waals surface area contributed by atoms with E-state index in [0.717, 1.165) is 0 Å². The first-order valence-electron chi connectivity index (χ1n) is 11.8. The summed E-state index contributed by atoms with van der Waals surface area (Å²) in [6, 6.07) is 0. The van der Waals surface area contributed by atoms with Crippen LogP contribution in [0.2, 0.25) is 0 Å². The number of aromatic amines is 1. The Kier molecular flexibility index (Phi) is 7.40. The highest BCUT2D eigenvalue weighted by Crippen LogP contribution is 2.57. The molecule has 0 amide bonds. The van der Waals surface area contributed by atoms with Crippen LogP contribution in [-0.4, -0.2) is 75.5 Å². The Labute approximate surface area is 234 Å². The summed E-state index contributed by atoms with van der Waals surface area (Å²) >= 11 is 9.29. The zero-order valence-corrected chi connectivity index (χ0v) is 24.0. The smallest absolute Gasteiger partial charge is 0.346 e. The Morgan fingerprint density at radius 3 is 2.92 bits per heavy atom. The molecule has 0 aliphatic carbocycles. The van der Waals surface area contributed by atoms with Crippen molar-refractivity contribution in [3.8, 4) is 0 Å². The number of rotatable bonds is 1. The monoisotopic (exact) mass is 633 g/mol. The van der Waals surface area contributed by atoms with E-state index >= 15 is 4.39 Å². The minimum absolute atomic E-state index is 0.0208. The van der Waals surface area contributed by atoms with Gasteiger partial charge < -0.3 is 23.7 Å². The van der Waals surface area contributed by atoms with Crippen molar-refractivity contribution in [2.75, 3.05) is 13.2 Å². The Balaban J connectivity index is 1.38. The molecule has 6 atom stereocenters. The summed E-state index contributed by atoms with van der Waals surface area (Å²) < 4.78 is 54.7. The number of aryl methyl sites for hydroxylation is 1. The predicted molar refractivity (Wildman–Crippen MR) is 144 cm³/mol. The number of halogens is 1. The van der Waals surface area contributed by atoms with Crippen LogP contribution in [0.15, 0.2) is 23.6 Å². The second-order valence-corrected chi connectivity index (χ2v) is 14.9. The van der Waals surface area contributed by atoms with Gasteiger partial charge in [0.05, 0.1) is 19.1 Å². The number of thiol groups is 1. The number of H-pyrrole nitrogens is 1. The van der Waals surface area contributed by atoms with Gasteiger partial charge in [-0.3, -0.25) is 18.4 Å². The van der Waals surface area contributed by atoms with Crippen LogP contribution in [0.25, 0.3) is 22.3 Å². The van der Waals surface area contributed by atoms with Crippen molar-refractivity contribution in [1.82, 2.24) is 44.1 Å². The molecule has 1 saturated heterocycles. The standard InChI is InChI=1S/C19H22FN9O7P2S2/c1-9-25-17-14(18(30)26-9)23-8-29(17)19-15-13(20)11(35-19)5-33-37(31,39)24-2-3-28-12(6-34-38(32,40)36-15)27-10-4-21-7-22-16(10)28/h4,7-8,11,13,15,19H,2-3,5-6H2,1H3,(H,32,40)(H2,24,31,39)(H,25,26,30)/t11-,13-,15-,19-,37?,38?/m1/s1. The third-order valence-electron chi connectivity index (χ3n) is 6.25. The topological polar surface area (TPSA) is 193 Å². The van der Waals surface area contributed by atoms with Gasteiger partial charge in [0, 0.05) is 13.1 Å². The number of aromatic nitrogens is 8. The molecule has 0 saturated carbocycles. The summed E-state index contributed by atoms with van der Waals surface area (Å²) in [6.45, 7) is -6.75. The second-order valence-electron chi connectivity index (χ2n) is 8.93. The number of imidazole rings is 2. The molecule has 2 aliphatic rings. The van der Waals surface area contributed by atoms with E-state index < -0.39 is 50.2 Å². The molecule has 0 aromatic carbocycles. The van der Waals surface area contributed by atoms with E-state index in [2.05, 4.69) is 47.2 Å². The van der Waals surface area contributed by atoms with Crippen LogP contribution in [0.1, 0.15) is 17.9 Å². The number of alkyl halides is 1. The molecule has 2 bridgehead atoms. The molecule has 4 aromatic rings. The van der Waals surface area contributed by atoms with Gasteiger partial charge >= 0.3 is 6.80 Å². The summed E-state index contributed by atoms with van der Waals surface area (Å²) in [4.78, 5) is 46.5. The number of hydrogen-bond acceptors (Lipinski definition) is 12. The largest absolute Gasteiger partial charge is 0.387 e. The van der Waals surface area contributed by atoms with Crippen LogP contribution in [0, 0.1) is 6.92 Å². The van der Waals surface area contributed by atoms with Crippen molar-refractivity contribution < 1.29 is 32.2 Å². The van der Waals surface area contributed by atoms with E-state index in [1.165, 1.54) is 23.4 Å². The molecule has 0 spiro atoms. The Hall–Kier alpha value is -2.18. The van der Waals surface area contributed by atoms with Crippen molar-refractivity contribution in [2.45, 2.75) is 44.7 Å². The maximum atomic E-state index is 15.8. The number of nitrogens with zero attached hydrogens (tertiary/aromatic N) is 7. The first kappa shape index (κ1) is 28.0. The lowest BCUT2D eigenvalue weighted by Crippen LogP contribution is -2.32. The van der Waals surface area contributed by atoms with Gasteiger partial charge in [-0.15, -0.1) is 0 Å². The molecular formula is C19H22FN9O7P2S2. The maximum absolute atomic E-state index is 15.8. The molecular weight excluding hydrogens is 611 g/mol. The van der Waals surface area contributed by atoms with E-state index in [9.17, 15) is 14.3 Å². The van der Waals surface area contributed by atoms with E-state index in [0.29, 0.717) is 17.0 Å².